The topological polar surface area (TPSA) is 43.2 Å². The van der Waals surface area contributed by atoms with E-state index in [2.05, 4.69) is 27.7 Å². The van der Waals surface area contributed by atoms with Crippen molar-refractivity contribution in [3.8, 4) is 0 Å². The third kappa shape index (κ3) is 4.67. The average Bonchev–Trinajstić information content (AvgIpc) is 3.31. The van der Waals surface area contributed by atoms with Crippen LogP contribution in [0.2, 0.25) is 0 Å². The molecule has 0 amide bonds. The van der Waals surface area contributed by atoms with Crippen LogP contribution in [0.15, 0.2) is 9.98 Å². The Bertz CT molecular complexity index is 533. The first-order chi connectivity index (χ1) is 11.9. The van der Waals surface area contributed by atoms with Gasteiger partial charge in [-0.2, -0.15) is 0 Å². The molecule has 2 aliphatic heterocycles. The molecule has 7 heteroatoms. The molecule has 0 bridgehead atoms. The van der Waals surface area contributed by atoms with Gasteiger partial charge >= 0.3 is 16.5 Å². The van der Waals surface area contributed by atoms with Gasteiger partial charge in [-0.3, -0.25) is 0 Å². The number of ether oxygens (including phenoxy) is 2. The van der Waals surface area contributed by atoms with Crippen LogP contribution in [0, 0.1) is 11.8 Å². The second-order valence-electron chi connectivity index (χ2n) is 9.35. The van der Waals surface area contributed by atoms with E-state index in [0.717, 1.165) is 37.5 Å². The standard InChI is InChI=1S/C21H34N2O2.2BrH.Ni/c1-14(2)18-20(9-5-6-10-20)24-16(22-18)13-17-23-19(15(3)4)21(25-17)11-7-8-12-21;;;/h14-15,18-19H,5-13H2,1-4H3;2*1H;/q;;;+2/p-2/t18-,19-;;;/m1.../s1. The Kier molecular flexibility index (Phi) is 9.57. The quantitative estimate of drug-likeness (QED) is 0.408. The van der Waals surface area contributed by atoms with Crippen LogP contribution < -0.4 is 34.0 Å². The van der Waals surface area contributed by atoms with Crippen LogP contribution in [0.4, 0.5) is 0 Å². The molecule has 0 aromatic heterocycles. The van der Waals surface area contributed by atoms with Crippen molar-refractivity contribution < 1.29 is 59.9 Å². The maximum Gasteiger partial charge on any atom is 2.00 e. The molecular weight excluding hydrogens is 531 g/mol. The van der Waals surface area contributed by atoms with Gasteiger partial charge in [0.2, 0.25) is 0 Å². The van der Waals surface area contributed by atoms with Gasteiger partial charge in [-0.05, 0) is 63.2 Å². The number of nitrogens with zero attached hydrogens (tertiary/aromatic N) is 2. The number of hydrogen-bond acceptors (Lipinski definition) is 4. The van der Waals surface area contributed by atoms with E-state index in [1.807, 2.05) is 0 Å². The average molecular weight is 565 g/mol. The zero-order valence-electron chi connectivity index (χ0n) is 17.5. The summed E-state index contributed by atoms with van der Waals surface area (Å²) >= 11 is 0. The molecule has 2 aliphatic carbocycles. The second-order valence-corrected chi connectivity index (χ2v) is 9.35. The van der Waals surface area contributed by atoms with Crippen LogP contribution in [0.5, 0.6) is 0 Å². The predicted molar refractivity (Wildman–Crippen MR) is 101 cm³/mol. The molecule has 2 spiro atoms. The normalized spacial score (nSPS) is 29.1. The van der Waals surface area contributed by atoms with Crippen LogP contribution in [-0.2, 0) is 26.0 Å². The molecule has 4 aliphatic rings. The molecular formula is C21H34Br2N2NiO2. The van der Waals surface area contributed by atoms with Gasteiger partial charge in [-0.25, -0.2) is 9.98 Å². The number of hydrogen-bond donors (Lipinski definition) is 0. The van der Waals surface area contributed by atoms with E-state index in [-0.39, 0.29) is 61.7 Å². The Morgan fingerprint density at radius 3 is 1.36 bits per heavy atom. The van der Waals surface area contributed by atoms with Crippen molar-refractivity contribution in [3.63, 3.8) is 0 Å². The summed E-state index contributed by atoms with van der Waals surface area (Å²) in [5.74, 6) is 2.78. The Labute approximate surface area is 201 Å². The summed E-state index contributed by atoms with van der Waals surface area (Å²) in [5.41, 5.74) is -0.0731. The zero-order valence-corrected chi connectivity index (χ0v) is 21.6. The van der Waals surface area contributed by atoms with Gasteiger partial charge in [-0.1, -0.05) is 27.7 Å². The van der Waals surface area contributed by atoms with Crippen molar-refractivity contribution >= 4 is 11.8 Å². The summed E-state index contributed by atoms with van der Waals surface area (Å²) < 4.78 is 13.0. The number of halogens is 2. The van der Waals surface area contributed by atoms with E-state index < -0.39 is 0 Å². The van der Waals surface area contributed by atoms with Crippen molar-refractivity contribution in [1.82, 2.24) is 0 Å². The van der Waals surface area contributed by atoms with Crippen molar-refractivity contribution in [2.45, 2.75) is 109 Å². The van der Waals surface area contributed by atoms with Gasteiger partial charge in [0.1, 0.15) is 11.2 Å². The molecule has 4 nitrogen and oxygen atoms in total. The van der Waals surface area contributed by atoms with E-state index in [0.29, 0.717) is 30.3 Å². The first kappa shape index (κ1) is 26.4. The minimum Gasteiger partial charge on any atom is -1.00 e. The molecule has 2 atom stereocenters. The summed E-state index contributed by atoms with van der Waals surface area (Å²) in [7, 11) is 0. The Balaban J connectivity index is 0.00000131. The fourth-order valence-electron chi connectivity index (χ4n) is 5.74. The molecule has 4 rings (SSSR count). The molecule has 164 valence electrons. The fraction of sp³-hybridized carbons (Fsp3) is 0.905. The molecule has 0 unspecified atom stereocenters. The van der Waals surface area contributed by atoms with Crippen molar-refractivity contribution in [3.05, 3.63) is 0 Å². The van der Waals surface area contributed by atoms with E-state index in [1.165, 1.54) is 25.7 Å². The zero-order chi connectivity index (χ0) is 17.7. The van der Waals surface area contributed by atoms with Crippen LogP contribution >= 0.6 is 0 Å². The summed E-state index contributed by atoms with van der Waals surface area (Å²) in [4.78, 5) is 10.0. The SMILES string of the molecule is CC(C)[C@H]1N=C(CC2=N[C@H](C(C)C)C3(CCCC3)O2)OC12CCCC2.[Br-].[Br-].[Ni+2]. The maximum atomic E-state index is 6.48. The summed E-state index contributed by atoms with van der Waals surface area (Å²) in [5, 5.41) is 0. The van der Waals surface area contributed by atoms with Crippen LogP contribution in [0.25, 0.3) is 0 Å². The van der Waals surface area contributed by atoms with E-state index in [9.17, 15) is 0 Å². The Hall–Kier alpha value is 0.394. The summed E-state index contributed by atoms with van der Waals surface area (Å²) in [6.45, 7) is 9.08. The second kappa shape index (κ2) is 10.1. The minimum atomic E-state index is -0.0365. The minimum absolute atomic E-state index is 0. The monoisotopic (exact) mass is 562 g/mol. The van der Waals surface area contributed by atoms with Crippen LogP contribution in [0.1, 0.15) is 85.5 Å². The number of aliphatic imine (C=N–C) groups is 2. The maximum absolute atomic E-state index is 6.48. The molecule has 0 aromatic rings. The van der Waals surface area contributed by atoms with E-state index in [1.54, 1.807) is 0 Å². The first-order valence-corrected chi connectivity index (χ1v) is 10.5. The van der Waals surface area contributed by atoms with Gasteiger partial charge in [0, 0.05) is 0 Å². The Morgan fingerprint density at radius 1 is 0.750 bits per heavy atom. The smallest absolute Gasteiger partial charge is 1.00 e. The fourth-order valence-corrected chi connectivity index (χ4v) is 5.74. The molecule has 0 saturated heterocycles. The molecule has 2 heterocycles. The number of rotatable bonds is 4. The predicted octanol–water partition coefficient (Wildman–Crippen LogP) is -1.09. The van der Waals surface area contributed by atoms with Gasteiger partial charge in [0.15, 0.2) is 11.8 Å². The third-order valence-corrected chi connectivity index (χ3v) is 6.75. The van der Waals surface area contributed by atoms with Gasteiger partial charge in [-0.15, -0.1) is 0 Å². The van der Waals surface area contributed by atoms with Crippen molar-refractivity contribution in [2.75, 3.05) is 0 Å². The van der Waals surface area contributed by atoms with Crippen LogP contribution in [-0.4, -0.2) is 35.1 Å². The van der Waals surface area contributed by atoms with Gasteiger partial charge in [0.25, 0.3) is 0 Å². The van der Waals surface area contributed by atoms with Gasteiger partial charge < -0.3 is 43.4 Å². The third-order valence-electron chi connectivity index (χ3n) is 6.75. The molecule has 0 radical (unpaired) electrons. The largest absolute Gasteiger partial charge is 2.00 e. The van der Waals surface area contributed by atoms with Crippen molar-refractivity contribution in [2.24, 2.45) is 21.8 Å². The molecule has 2 fully saturated rings. The first-order valence-electron chi connectivity index (χ1n) is 10.5. The van der Waals surface area contributed by atoms with Crippen molar-refractivity contribution in [1.29, 1.82) is 0 Å². The molecule has 0 aromatic carbocycles. The Morgan fingerprint density at radius 2 is 1.07 bits per heavy atom. The van der Waals surface area contributed by atoms with Gasteiger partial charge in [0.05, 0.1) is 18.5 Å². The summed E-state index contributed by atoms with van der Waals surface area (Å²) in [6, 6.07) is 0.599. The van der Waals surface area contributed by atoms with E-state index in [4.69, 9.17) is 19.5 Å². The molecule has 0 N–H and O–H groups in total. The van der Waals surface area contributed by atoms with Crippen LogP contribution in [0.3, 0.4) is 0 Å². The summed E-state index contributed by atoms with van der Waals surface area (Å²) in [6.07, 6.45) is 10.3. The molecule has 2 saturated carbocycles. The molecule has 28 heavy (non-hydrogen) atoms. The van der Waals surface area contributed by atoms with E-state index >= 15 is 0 Å².